The van der Waals surface area contributed by atoms with Crippen molar-refractivity contribution in [1.29, 1.82) is 0 Å². The van der Waals surface area contributed by atoms with Crippen LogP contribution in [0.5, 0.6) is 5.75 Å². The molecule has 9 heteroatoms. The van der Waals surface area contributed by atoms with Gasteiger partial charge in [-0.25, -0.2) is 4.79 Å². The Hall–Kier alpha value is -3.59. The highest BCUT2D eigenvalue weighted by Gasteiger charge is 2.23. The van der Waals surface area contributed by atoms with Gasteiger partial charge in [-0.2, -0.15) is 10.2 Å². The molecule has 0 heterocycles. The zero-order valence-corrected chi connectivity index (χ0v) is 15.0. The van der Waals surface area contributed by atoms with Crippen molar-refractivity contribution in [1.82, 2.24) is 0 Å². The molecule has 28 heavy (non-hydrogen) atoms. The Balaban J connectivity index is 2.12. The molecule has 0 aliphatic heterocycles. The highest BCUT2D eigenvalue weighted by Crippen LogP contribution is 2.20. The third-order valence-corrected chi connectivity index (χ3v) is 3.53. The standard InChI is InChI=1S/C19H19N3O6/c1-12(24)17(22-21-16-5-3-2-4-15(16)19(26)27)18(25)20-13-6-8-14(9-7-13)28-11-10-23/h2-9,17,23H,10-11H2,1H3,(H,20,25)(H,26,27)/b22-21+. The van der Waals surface area contributed by atoms with Crippen LogP contribution in [-0.4, -0.2) is 47.1 Å². The Morgan fingerprint density at radius 1 is 1.11 bits per heavy atom. The van der Waals surface area contributed by atoms with Crippen LogP contribution in [0.3, 0.4) is 0 Å². The van der Waals surface area contributed by atoms with Crippen molar-refractivity contribution in [3.8, 4) is 5.75 Å². The predicted octanol–water partition coefficient (Wildman–Crippen LogP) is 2.44. The van der Waals surface area contributed by atoms with E-state index in [9.17, 15) is 14.4 Å². The van der Waals surface area contributed by atoms with E-state index in [-0.39, 0.29) is 24.5 Å². The van der Waals surface area contributed by atoms with Gasteiger partial charge < -0.3 is 20.3 Å². The van der Waals surface area contributed by atoms with Gasteiger partial charge in [0.15, 0.2) is 5.78 Å². The number of Topliss-reactive ketones (excluding diaryl/α,β-unsaturated/α-hetero) is 1. The summed E-state index contributed by atoms with van der Waals surface area (Å²) in [5.41, 5.74) is 0.362. The average Bonchev–Trinajstić information content (AvgIpc) is 2.67. The summed E-state index contributed by atoms with van der Waals surface area (Å²) >= 11 is 0. The van der Waals surface area contributed by atoms with Gasteiger partial charge >= 0.3 is 5.97 Å². The largest absolute Gasteiger partial charge is 0.491 e. The average molecular weight is 385 g/mol. The SMILES string of the molecule is CC(=O)C(/N=N/c1ccccc1C(=O)O)C(=O)Nc1ccc(OCCO)cc1. The lowest BCUT2D eigenvalue weighted by Crippen LogP contribution is -2.31. The molecule has 0 aliphatic rings. The van der Waals surface area contributed by atoms with Gasteiger partial charge in [0.2, 0.25) is 6.04 Å². The number of carbonyl (C=O) groups is 3. The quantitative estimate of drug-likeness (QED) is 0.448. The van der Waals surface area contributed by atoms with E-state index in [4.69, 9.17) is 14.9 Å². The fourth-order valence-electron chi connectivity index (χ4n) is 2.19. The number of aliphatic hydroxyl groups is 1. The Morgan fingerprint density at radius 3 is 2.39 bits per heavy atom. The molecule has 146 valence electrons. The number of carboxylic acid groups (broad SMARTS) is 1. The Bertz CT molecular complexity index is 879. The van der Waals surface area contributed by atoms with E-state index < -0.39 is 23.7 Å². The number of nitrogens with zero attached hydrogens (tertiary/aromatic N) is 2. The number of carboxylic acids is 1. The number of hydrogen-bond acceptors (Lipinski definition) is 7. The number of nitrogens with one attached hydrogen (secondary N) is 1. The van der Waals surface area contributed by atoms with E-state index in [1.54, 1.807) is 30.3 Å². The Labute approximate surface area is 160 Å². The molecule has 2 aromatic rings. The van der Waals surface area contributed by atoms with E-state index in [1.165, 1.54) is 25.1 Å². The predicted molar refractivity (Wildman–Crippen MR) is 100 cm³/mol. The number of ether oxygens (including phenoxy) is 1. The van der Waals surface area contributed by atoms with Crippen LogP contribution in [0.15, 0.2) is 58.8 Å². The maximum absolute atomic E-state index is 12.4. The third-order valence-electron chi connectivity index (χ3n) is 3.53. The van der Waals surface area contributed by atoms with Gasteiger partial charge in [0, 0.05) is 5.69 Å². The molecule has 2 aromatic carbocycles. The molecule has 0 aliphatic carbocycles. The van der Waals surface area contributed by atoms with Crippen molar-refractivity contribution in [2.24, 2.45) is 10.2 Å². The topological polar surface area (TPSA) is 138 Å². The van der Waals surface area contributed by atoms with Gasteiger partial charge in [-0.15, -0.1) is 0 Å². The summed E-state index contributed by atoms with van der Waals surface area (Å²) in [5, 5.41) is 27.9. The number of rotatable bonds is 9. The molecular weight excluding hydrogens is 366 g/mol. The van der Waals surface area contributed by atoms with E-state index >= 15 is 0 Å². The van der Waals surface area contributed by atoms with Crippen LogP contribution in [0, 0.1) is 0 Å². The van der Waals surface area contributed by atoms with Gasteiger partial charge in [-0.3, -0.25) is 9.59 Å². The molecular formula is C19H19N3O6. The highest BCUT2D eigenvalue weighted by molar-refractivity contribution is 6.10. The van der Waals surface area contributed by atoms with Crippen LogP contribution >= 0.6 is 0 Å². The molecule has 0 saturated heterocycles. The van der Waals surface area contributed by atoms with Crippen LogP contribution in [0.2, 0.25) is 0 Å². The van der Waals surface area contributed by atoms with Gasteiger partial charge in [0.1, 0.15) is 12.4 Å². The van der Waals surface area contributed by atoms with Gasteiger partial charge in [0.05, 0.1) is 17.9 Å². The number of aromatic carboxylic acids is 1. The van der Waals surface area contributed by atoms with Crippen molar-refractivity contribution in [2.45, 2.75) is 13.0 Å². The second-order valence-corrected chi connectivity index (χ2v) is 5.64. The summed E-state index contributed by atoms with van der Waals surface area (Å²) in [4.78, 5) is 35.4. The molecule has 0 spiro atoms. The summed E-state index contributed by atoms with van der Waals surface area (Å²) < 4.78 is 5.22. The first-order valence-electron chi connectivity index (χ1n) is 8.30. The minimum absolute atomic E-state index is 0.0411. The minimum Gasteiger partial charge on any atom is -0.491 e. The van der Waals surface area contributed by atoms with Crippen molar-refractivity contribution < 1.29 is 29.3 Å². The molecule has 3 N–H and O–H groups in total. The lowest BCUT2D eigenvalue weighted by atomic mass is 10.2. The minimum atomic E-state index is -1.42. The number of amides is 1. The maximum atomic E-state index is 12.4. The number of azo groups is 1. The highest BCUT2D eigenvalue weighted by atomic mass is 16.5. The van der Waals surface area contributed by atoms with E-state index in [0.717, 1.165) is 0 Å². The molecule has 0 aromatic heterocycles. The number of aliphatic hydroxyl groups excluding tert-OH is 1. The van der Waals surface area contributed by atoms with Crippen molar-refractivity contribution in [3.05, 3.63) is 54.1 Å². The molecule has 0 bridgehead atoms. The Morgan fingerprint density at radius 2 is 1.79 bits per heavy atom. The maximum Gasteiger partial charge on any atom is 0.337 e. The summed E-state index contributed by atoms with van der Waals surface area (Å²) in [6, 6.07) is 10.8. The first-order chi connectivity index (χ1) is 13.4. The molecule has 1 atom stereocenters. The number of hydrogen-bond donors (Lipinski definition) is 3. The number of benzene rings is 2. The zero-order valence-electron chi connectivity index (χ0n) is 15.0. The molecule has 1 amide bonds. The first-order valence-corrected chi connectivity index (χ1v) is 8.30. The van der Waals surface area contributed by atoms with Crippen LogP contribution in [0.1, 0.15) is 17.3 Å². The van der Waals surface area contributed by atoms with Crippen LogP contribution in [0.25, 0.3) is 0 Å². The number of carbonyl (C=O) groups excluding carboxylic acids is 2. The zero-order chi connectivity index (χ0) is 20.5. The monoisotopic (exact) mass is 385 g/mol. The molecule has 0 radical (unpaired) electrons. The Kier molecular flexibility index (Phi) is 7.35. The van der Waals surface area contributed by atoms with E-state index in [1.807, 2.05) is 0 Å². The first kappa shape index (κ1) is 20.7. The van der Waals surface area contributed by atoms with Crippen LogP contribution in [0.4, 0.5) is 11.4 Å². The number of anilines is 1. The second-order valence-electron chi connectivity index (χ2n) is 5.64. The van der Waals surface area contributed by atoms with Crippen LogP contribution < -0.4 is 10.1 Å². The van der Waals surface area contributed by atoms with Gasteiger partial charge in [0.25, 0.3) is 5.91 Å². The van der Waals surface area contributed by atoms with E-state index in [0.29, 0.717) is 11.4 Å². The van der Waals surface area contributed by atoms with Crippen molar-refractivity contribution in [3.63, 3.8) is 0 Å². The molecule has 0 fully saturated rings. The molecule has 0 saturated carbocycles. The number of ketones is 1. The second kappa shape index (κ2) is 9.93. The van der Waals surface area contributed by atoms with Crippen molar-refractivity contribution in [2.75, 3.05) is 18.5 Å². The summed E-state index contributed by atoms with van der Waals surface area (Å²) in [6.45, 7) is 1.23. The normalized spacial score (nSPS) is 11.8. The smallest absolute Gasteiger partial charge is 0.337 e. The lowest BCUT2D eigenvalue weighted by Gasteiger charge is -2.10. The third kappa shape index (κ3) is 5.71. The molecule has 2 rings (SSSR count). The van der Waals surface area contributed by atoms with Gasteiger partial charge in [-0.1, -0.05) is 12.1 Å². The van der Waals surface area contributed by atoms with Crippen LogP contribution in [-0.2, 0) is 9.59 Å². The lowest BCUT2D eigenvalue weighted by molar-refractivity contribution is -0.126. The fraction of sp³-hybridized carbons (Fsp3) is 0.211. The summed E-state index contributed by atoms with van der Waals surface area (Å²) in [6.07, 6.45) is 0. The molecule has 1 unspecified atom stereocenters. The summed E-state index contributed by atoms with van der Waals surface area (Å²) in [5.74, 6) is -1.92. The van der Waals surface area contributed by atoms with E-state index in [2.05, 4.69) is 15.5 Å². The molecule has 9 nitrogen and oxygen atoms in total. The van der Waals surface area contributed by atoms with Gasteiger partial charge in [-0.05, 0) is 43.3 Å². The fourth-order valence-corrected chi connectivity index (χ4v) is 2.19. The summed E-state index contributed by atoms with van der Waals surface area (Å²) in [7, 11) is 0. The van der Waals surface area contributed by atoms with Crippen molar-refractivity contribution >= 4 is 29.0 Å².